The molecule has 81 heavy (non-hydrogen) atoms. The van der Waals surface area contributed by atoms with Crippen molar-refractivity contribution in [2.24, 2.45) is 0 Å². The first kappa shape index (κ1) is 47.8. The number of rotatable bonds is 8. The van der Waals surface area contributed by atoms with Gasteiger partial charge in [0.15, 0.2) is 0 Å². The van der Waals surface area contributed by atoms with Gasteiger partial charge in [0, 0.05) is 76.8 Å². The van der Waals surface area contributed by atoms with E-state index >= 15 is 0 Å². The van der Waals surface area contributed by atoms with Crippen LogP contribution in [0.4, 0.5) is 51.2 Å². The Bertz CT molecular complexity index is 4570. The molecule has 7 heteroatoms. The Labute approximate surface area is 476 Å². The lowest BCUT2D eigenvalue weighted by Gasteiger charge is -2.47. The van der Waals surface area contributed by atoms with Crippen molar-refractivity contribution in [2.45, 2.75) is 61.2 Å². The van der Waals surface area contributed by atoms with Gasteiger partial charge in [-0.2, -0.15) is 0 Å². The molecular weight excluding hydrogens is 1010 g/mol. The zero-order valence-electron chi connectivity index (χ0n) is 45.7. The van der Waals surface area contributed by atoms with E-state index in [1.165, 1.54) is 54.4 Å². The van der Waals surface area contributed by atoms with E-state index in [1.54, 1.807) is 0 Å². The molecule has 0 radical (unpaired) electrons. The number of para-hydroxylation sites is 5. The van der Waals surface area contributed by atoms with E-state index in [4.69, 9.17) is 8.83 Å². The Morgan fingerprint density at radius 2 is 0.951 bits per heavy atom. The summed E-state index contributed by atoms with van der Waals surface area (Å²) in [6.45, 7) is 9.75. The van der Waals surface area contributed by atoms with Crippen molar-refractivity contribution in [1.29, 1.82) is 0 Å². The summed E-state index contributed by atoms with van der Waals surface area (Å²) >= 11 is 1.90. The van der Waals surface area contributed by atoms with Gasteiger partial charge >= 0.3 is 0 Å². The summed E-state index contributed by atoms with van der Waals surface area (Å²) < 4.78 is 13.3. The van der Waals surface area contributed by atoms with Crippen LogP contribution in [-0.4, -0.2) is 6.71 Å². The first-order valence-electron chi connectivity index (χ1n) is 28.3. The van der Waals surface area contributed by atoms with Gasteiger partial charge in [-0.15, -0.1) is 0 Å². The summed E-state index contributed by atoms with van der Waals surface area (Å²) in [6, 6.07) is 88.9. The second-order valence-electron chi connectivity index (χ2n) is 23.4. The third-order valence-electron chi connectivity index (χ3n) is 17.7. The largest absolute Gasteiger partial charge is 0.456 e. The van der Waals surface area contributed by atoms with Crippen molar-refractivity contribution in [1.82, 2.24) is 0 Å². The molecule has 11 aromatic carbocycles. The predicted octanol–water partition coefficient (Wildman–Crippen LogP) is 19.2. The van der Waals surface area contributed by atoms with Gasteiger partial charge in [0.1, 0.15) is 22.3 Å². The fourth-order valence-corrected chi connectivity index (χ4v) is 15.0. The monoisotopic (exact) mass is 1060 g/mol. The van der Waals surface area contributed by atoms with Crippen molar-refractivity contribution in [3.8, 4) is 11.1 Å². The predicted molar refractivity (Wildman–Crippen MR) is 341 cm³/mol. The van der Waals surface area contributed by atoms with Crippen molar-refractivity contribution >= 4 is 130 Å². The lowest BCUT2D eigenvalue weighted by atomic mass is 9.34. The molecule has 0 N–H and O–H groups in total. The fourth-order valence-electron chi connectivity index (χ4n) is 13.8. The van der Waals surface area contributed by atoms with E-state index in [9.17, 15) is 0 Å². The van der Waals surface area contributed by atoms with Crippen molar-refractivity contribution in [2.75, 3.05) is 14.7 Å². The SMILES string of the molecule is CC1(C)CCC(C)(C)c2c(N3c4cc(N(c5ccccc5)c5ccccc5)ccc4B4c5ccc(N(c6ccccc6)c6ccccc6)cc5Sc5cc(-c6ccc7c(c6)oc6ccc8oc9ccccc9c8c67)cc3c54)cccc21. The molecule has 13 aromatic rings. The average molecular weight is 1060 g/mol. The third kappa shape index (κ3) is 7.55. The third-order valence-corrected chi connectivity index (χ3v) is 18.8. The minimum atomic E-state index is -0.0902. The summed E-state index contributed by atoms with van der Waals surface area (Å²) in [4.78, 5) is 9.95. The Morgan fingerprint density at radius 3 is 1.59 bits per heavy atom. The van der Waals surface area contributed by atoms with Crippen LogP contribution in [0.5, 0.6) is 0 Å². The molecule has 388 valence electrons. The first-order chi connectivity index (χ1) is 39.6. The van der Waals surface area contributed by atoms with E-state index in [2.05, 4.69) is 267 Å². The molecule has 2 aromatic heterocycles. The summed E-state index contributed by atoms with van der Waals surface area (Å²) in [5.74, 6) is 0. The van der Waals surface area contributed by atoms with Crippen molar-refractivity contribution < 1.29 is 8.83 Å². The van der Waals surface area contributed by atoms with Crippen LogP contribution in [0, 0.1) is 0 Å². The molecule has 0 fully saturated rings. The molecule has 0 amide bonds. The van der Waals surface area contributed by atoms with Crippen LogP contribution in [0.1, 0.15) is 51.7 Å². The summed E-state index contributed by atoms with van der Waals surface area (Å²) in [5.41, 5.74) is 22.6. The highest BCUT2D eigenvalue weighted by Crippen LogP contribution is 2.54. The highest BCUT2D eigenvalue weighted by atomic mass is 32.2. The van der Waals surface area contributed by atoms with Gasteiger partial charge in [-0.1, -0.05) is 166 Å². The van der Waals surface area contributed by atoms with Gasteiger partial charge in [-0.25, -0.2) is 0 Å². The Kier molecular flexibility index (Phi) is 10.7. The first-order valence-corrected chi connectivity index (χ1v) is 29.1. The van der Waals surface area contributed by atoms with Gasteiger partial charge in [-0.3, -0.25) is 0 Å². The maximum Gasteiger partial charge on any atom is 0.249 e. The number of anilines is 9. The van der Waals surface area contributed by atoms with E-state index in [1.807, 2.05) is 30.0 Å². The molecule has 4 heterocycles. The molecule has 1 aliphatic carbocycles. The van der Waals surface area contributed by atoms with E-state index < -0.39 is 0 Å². The topological polar surface area (TPSA) is 36.0 Å². The van der Waals surface area contributed by atoms with Gasteiger partial charge in [0.25, 0.3) is 0 Å². The highest BCUT2D eigenvalue weighted by molar-refractivity contribution is 8.00. The Hall–Kier alpha value is -9.17. The van der Waals surface area contributed by atoms with Crippen LogP contribution >= 0.6 is 11.8 Å². The molecular formula is C74H56BN3O2S. The number of nitrogens with zero attached hydrogens (tertiary/aromatic N) is 3. The number of benzene rings is 11. The minimum Gasteiger partial charge on any atom is -0.456 e. The van der Waals surface area contributed by atoms with Crippen LogP contribution in [0.2, 0.25) is 0 Å². The smallest absolute Gasteiger partial charge is 0.249 e. The zero-order valence-corrected chi connectivity index (χ0v) is 46.5. The lowest BCUT2D eigenvalue weighted by molar-refractivity contribution is 0.332. The molecule has 0 unspecified atom stereocenters. The van der Waals surface area contributed by atoms with Crippen LogP contribution in [0.25, 0.3) is 55.0 Å². The summed E-state index contributed by atoms with van der Waals surface area (Å²) in [6.07, 6.45) is 2.22. The van der Waals surface area contributed by atoms with Crippen molar-refractivity contribution in [3.63, 3.8) is 0 Å². The van der Waals surface area contributed by atoms with E-state index in [0.717, 1.165) is 102 Å². The number of hydrogen-bond acceptors (Lipinski definition) is 6. The molecule has 5 nitrogen and oxygen atoms in total. The van der Waals surface area contributed by atoms with Crippen LogP contribution < -0.4 is 31.1 Å². The van der Waals surface area contributed by atoms with Crippen molar-refractivity contribution in [3.05, 3.63) is 254 Å². The van der Waals surface area contributed by atoms with Crippen LogP contribution in [-0.2, 0) is 10.8 Å². The van der Waals surface area contributed by atoms with Gasteiger partial charge in [-0.05, 0) is 178 Å². The van der Waals surface area contributed by atoms with Crippen LogP contribution in [0.3, 0.4) is 0 Å². The molecule has 0 atom stereocenters. The van der Waals surface area contributed by atoms with Gasteiger partial charge in [0.2, 0.25) is 6.71 Å². The second-order valence-corrected chi connectivity index (χ2v) is 24.5. The van der Waals surface area contributed by atoms with Crippen LogP contribution in [0.15, 0.2) is 261 Å². The minimum absolute atomic E-state index is 0.00123. The normalized spacial score (nSPS) is 14.7. The Morgan fingerprint density at radius 1 is 0.395 bits per heavy atom. The highest BCUT2D eigenvalue weighted by Gasteiger charge is 2.45. The average Bonchev–Trinajstić information content (AvgIpc) is 2.71. The van der Waals surface area contributed by atoms with E-state index in [0.29, 0.717) is 0 Å². The van der Waals surface area contributed by atoms with Gasteiger partial charge in [0.05, 0.1) is 5.69 Å². The molecule has 0 saturated heterocycles. The van der Waals surface area contributed by atoms with E-state index in [-0.39, 0.29) is 17.5 Å². The molecule has 0 spiro atoms. The lowest BCUT2D eigenvalue weighted by Crippen LogP contribution is -2.60. The quantitative estimate of drug-likeness (QED) is 0.141. The zero-order chi connectivity index (χ0) is 54.1. The van der Waals surface area contributed by atoms with Gasteiger partial charge < -0.3 is 23.5 Å². The Balaban J connectivity index is 0.968. The number of furan rings is 2. The summed E-state index contributed by atoms with van der Waals surface area (Å²) in [7, 11) is 0. The fraction of sp³-hybridized carbons (Fsp3) is 0.108. The number of fused-ring (bicyclic) bond motifs is 12. The maximum absolute atomic E-state index is 6.88. The molecule has 3 aliphatic rings. The standard InChI is InChI=1S/C74H56BN3O2S/c1-73(2)40-41-74(3,4)71-57(73)29-19-30-60(71)78-61-45-53(76(49-20-9-5-10-21-49)50-22-11-6-12-23-50)33-36-58(61)75-59-37-34-54(77(51-24-13-7-14-25-51)52-26-15-8-16-27-52)46-67(59)81-68-44-48(42-62(78)72(68)75)47-32-35-56-66(43-47)80-65-39-38-64-69(70(56)65)55-28-17-18-31-63(55)79-64/h5-39,42-46H,40-41H2,1-4H3. The molecule has 2 aliphatic heterocycles. The summed E-state index contributed by atoms with van der Waals surface area (Å²) in [5, 5.41) is 4.35. The number of hydrogen-bond donors (Lipinski definition) is 0. The maximum atomic E-state index is 6.88. The molecule has 0 saturated carbocycles. The molecule has 16 rings (SSSR count). The molecule has 0 bridgehead atoms. The second kappa shape index (κ2) is 18.2.